The molecule has 1 aliphatic rings. The molecule has 1 heterocycles. The normalized spacial score (nSPS) is 22.1. The Morgan fingerprint density at radius 1 is 1.35 bits per heavy atom. The van der Waals surface area contributed by atoms with Gasteiger partial charge in [-0.05, 0) is 19.8 Å². The van der Waals surface area contributed by atoms with Crippen LogP contribution in [0.5, 0.6) is 0 Å². The van der Waals surface area contributed by atoms with Crippen LogP contribution < -0.4 is 5.32 Å². The Hall–Kier alpha value is -0.780. The lowest BCUT2D eigenvalue weighted by molar-refractivity contribution is 0.348. The Kier molecular flexibility index (Phi) is 5.86. The van der Waals surface area contributed by atoms with Crippen molar-refractivity contribution in [1.82, 2.24) is 10.2 Å². The summed E-state index contributed by atoms with van der Waals surface area (Å²) in [6.45, 7) is 9.88. The molecule has 0 radical (unpaired) electrons. The zero-order valence-electron chi connectivity index (χ0n) is 13.4. The van der Waals surface area contributed by atoms with Crippen molar-refractivity contribution in [2.75, 3.05) is 32.4 Å². The van der Waals surface area contributed by atoms with Gasteiger partial charge in [-0.2, -0.15) is 0 Å². The zero-order valence-corrected chi connectivity index (χ0v) is 14.3. The van der Waals surface area contributed by atoms with Crippen molar-refractivity contribution in [2.24, 2.45) is 10.9 Å². The van der Waals surface area contributed by atoms with Crippen molar-refractivity contribution in [2.45, 2.75) is 45.3 Å². The molecule has 118 valence electrons. The third kappa shape index (κ3) is 3.87. The van der Waals surface area contributed by atoms with Gasteiger partial charge in [0, 0.05) is 26.7 Å². The van der Waals surface area contributed by atoms with Gasteiger partial charge in [-0.1, -0.05) is 26.7 Å². The van der Waals surface area contributed by atoms with Crippen molar-refractivity contribution in [3.8, 4) is 0 Å². The van der Waals surface area contributed by atoms with E-state index in [4.69, 9.17) is 0 Å². The molecule has 1 aliphatic heterocycles. The lowest BCUT2D eigenvalue weighted by Gasteiger charge is -2.39. The van der Waals surface area contributed by atoms with Crippen molar-refractivity contribution < 1.29 is 8.42 Å². The maximum Gasteiger partial charge on any atom is 0.193 e. The fraction of sp³-hybridized carbons (Fsp3) is 0.929. The Morgan fingerprint density at radius 3 is 2.40 bits per heavy atom. The first-order chi connectivity index (χ1) is 9.27. The Morgan fingerprint density at radius 2 is 1.95 bits per heavy atom. The molecule has 5 nitrogen and oxygen atoms in total. The molecule has 1 N–H and O–H groups in total. The summed E-state index contributed by atoms with van der Waals surface area (Å²) in [7, 11) is -1.25. The third-order valence-corrected chi connectivity index (χ3v) is 6.79. The van der Waals surface area contributed by atoms with Gasteiger partial charge in [0.05, 0.1) is 10.5 Å². The molecule has 0 saturated carbocycles. The van der Waals surface area contributed by atoms with Crippen LogP contribution in [0, 0.1) is 5.92 Å². The van der Waals surface area contributed by atoms with Crippen LogP contribution in [0.15, 0.2) is 4.99 Å². The van der Waals surface area contributed by atoms with E-state index in [0.29, 0.717) is 19.0 Å². The quantitative estimate of drug-likeness (QED) is 0.631. The van der Waals surface area contributed by atoms with Crippen molar-refractivity contribution >= 4 is 15.8 Å². The Bertz CT molecular complexity index is 439. The van der Waals surface area contributed by atoms with Gasteiger partial charge in [0.25, 0.3) is 0 Å². The monoisotopic (exact) mass is 303 g/mol. The van der Waals surface area contributed by atoms with Crippen molar-refractivity contribution in [1.29, 1.82) is 0 Å². The molecule has 0 spiro atoms. The second-order valence-electron chi connectivity index (χ2n) is 6.11. The lowest BCUT2D eigenvalue weighted by Crippen LogP contribution is -2.57. The largest absolute Gasteiger partial charge is 0.356 e. The first-order valence-corrected chi connectivity index (χ1v) is 9.10. The molecule has 0 atom stereocenters. The van der Waals surface area contributed by atoms with Gasteiger partial charge in [-0.3, -0.25) is 4.99 Å². The van der Waals surface area contributed by atoms with Gasteiger partial charge in [0.2, 0.25) is 0 Å². The Balaban J connectivity index is 2.69. The summed E-state index contributed by atoms with van der Waals surface area (Å²) in [5.74, 6) is 1.65. The highest BCUT2D eigenvalue weighted by molar-refractivity contribution is 7.92. The summed E-state index contributed by atoms with van der Waals surface area (Å²) in [5, 5.41) is 3.39. The number of aliphatic imine (C=N–C) groups is 1. The van der Waals surface area contributed by atoms with E-state index in [0.717, 1.165) is 25.3 Å². The third-order valence-electron chi connectivity index (χ3n) is 4.26. The molecule has 1 rings (SSSR count). The standard InChI is InChI=1S/C14H29N3O2S/c1-6-12(7-2)10-16-13(15-5)17-8-9-20(18,19)14(3,4)11-17/h12H,6-11H2,1-5H3,(H,15,16). The summed E-state index contributed by atoms with van der Waals surface area (Å²) >= 11 is 0. The first-order valence-electron chi connectivity index (χ1n) is 7.45. The summed E-state index contributed by atoms with van der Waals surface area (Å²) in [6.07, 6.45) is 2.28. The van der Waals surface area contributed by atoms with E-state index in [1.807, 2.05) is 0 Å². The zero-order chi connectivity index (χ0) is 15.4. The summed E-state index contributed by atoms with van der Waals surface area (Å²) < 4.78 is 23.4. The Labute approximate surface area is 123 Å². The fourth-order valence-corrected chi connectivity index (χ4v) is 3.84. The number of sulfone groups is 1. The average molecular weight is 303 g/mol. The molecule has 6 heteroatoms. The molecular formula is C14H29N3O2S. The maximum absolute atomic E-state index is 12.0. The van der Waals surface area contributed by atoms with Gasteiger partial charge in [-0.25, -0.2) is 8.42 Å². The van der Waals surface area contributed by atoms with Gasteiger partial charge < -0.3 is 10.2 Å². The van der Waals surface area contributed by atoms with Gasteiger partial charge >= 0.3 is 0 Å². The lowest BCUT2D eigenvalue weighted by atomic mass is 10.0. The number of guanidine groups is 1. The molecule has 0 aromatic carbocycles. The van der Waals surface area contributed by atoms with Crippen LogP contribution in [0.4, 0.5) is 0 Å². The van der Waals surface area contributed by atoms with Crippen LogP contribution in [-0.4, -0.2) is 56.5 Å². The second-order valence-corrected chi connectivity index (χ2v) is 8.85. The molecule has 0 unspecified atom stereocenters. The highest BCUT2D eigenvalue weighted by Gasteiger charge is 2.40. The predicted molar refractivity (Wildman–Crippen MR) is 84.9 cm³/mol. The van der Waals surface area contributed by atoms with Gasteiger partial charge in [-0.15, -0.1) is 0 Å². The topological polar surface area (TPSA) is 61.8 Å². The maximum atomic E-state index is 12.0. The van der Waals surface area contributed by atoms with E-state index in [1.54, 1.807) is 20.9 Å². The SMILES string of the molecule is CCC(CC)CNC(=NC)N1CCS(=O)(=O)C(C)(C)C1. The predicted octanol–water partition coefficient (Wildman–Crippen LogP) is 1.51. The minimum atomic E-state index is -3.00. The summed E-state index contributed by atoms with van der Waals surface area (Å²) in [6, 6.07) is 0. The average Bonchev–Trinajstić information content (AvgIpc) is 2.39. The highest BCUT2D eigenvalue weighted by Crippen LogP contribution is 2.23. The molecule has 1 saturated heterocycles. The van der Waals surface area contributed by atoms with Crippen LogP contribution in [0.2, 0.25) is 0 Å². The molecule has 1 fully saturated rings. The molecule has 0 aromatic heterocycles. The second kappa shape index (κ2) is 6.78. The number of rotatable bonds is 4. The molecular weight excluding hydrogens is 274 g/mol. The van der Waals surface area contributed by atoms with E-state index in [-0.39, 0.29) is 5.75 Å². The number of nitrogens with one attached hydrogen (secondary N) is 1. The van der Waals surface area contributed by atoms with E-state index in [2.05, 4.69) is 29.1 Å². The molecule has 0 bridgehead atoms. The van der Waals surface area contributed by atoms with E-state index in [1.165, 1.54) is 0 Å². The number of nitrogens with zero attached hydrogens (tertiary/aromatic N) is 2. The van der Waals surface area contributed by atoms with Gasteiger partial charge in [0.1, 0.15) is 0 Å². The van der Waals surface area contributed by atoms with Crippen LogP contribution in [0.3, 0.4) is 0 Å². The fourth-order valence-electron chi connectivity index (χ4n) is 2.47. The summed E-state index contributed by atoms with van der Waals surface area (Å²) in [4.78, 5) is 6.36. The molecule has 20 heavy (non-hydrogen) atoms. The van der Waals surface area contributed by atoms with Crippen LogP contribution in [0.1, 0.15) is 40.5 Å². The minimum absolute atomic E-state index is 0.200. The molecule has 0 aliphatic carbocycles. The summed E-state index contributed by atoms with van der Waals surface area (Å²) in [5.41, 5.74) is 0. The van der Waals surface area contributed by atoms with Crippen LogP contribution >= 0.6 is 0 Å². The van der Waals surface area contributed by atoms with Crippen molar-refractivity contribution in [3.63, 3.8) is 0 Å². The number of hydrogen-bond acceptors (Lipinski definition) is 3. The van der Waals surface area contributed by atoms with E-state index < -0.39 is 14.6 Å². The first kappa shape index (κ1) is 17.3. The molecule has 0 aromatic rings. The minimum Gasteiger partial charge on any atom is -0.356 e. The smallest absolute Gasteiger partial charge is 0.193 e. The van der Waals surface area contributed by atoms with E-state index in [9.17, 15) is 8.42 Å². The number of hydrogen-bond donors (Lipinski definition) is 1. The van der Waals surface area contributed by atoms with Crippen molar-refractivity contribution in [3.05, 3.63) is 0 Å². The molecule has 0 amide bonds. The van der Waals surface area contributed by atoms with Gasteiger partial charge in [0.15, 0.2) is 15.8 Å². The van der Waals surface area contributed by atoms with E-state index >= 15 is 0 Å². The van der Waals surface area contributed by atoms with Crippen LogP contribution in [0.25, 0.3) is 0 Å². The van der Waals surface area contributed by atoms with Crippen LogP contribution in [-0.2, 0) is 9.84 Å². The highest BCUT2D eigenvalue weighted by atomic mass is 32.2.